The highest BCUT2D eigenvalue weighted by molar-refractivity contribution is 5.78. The minimum atomic E-state index is -0.703. The predicted octanol–water partition coefficient (Wildman–Crippen LogP) is 2.31. The summed E-state index contributed by atoms with van der Waals surface area (Å²) in [6.07, 6.45) is 8.97. The van der Waals surface area contributed by atoms with E-state index < -0.39 is 12.4 Å². The van der Waals surface area contributed by atoms with Gasteiger partial charge in [0.15, 0.2) is 0 Å². The molecule has 116 valence electrons. The summed E-state index contributed by atoms with van der Waals surface area (Å²) in [7, 11) is 0. The molecule has 2 unspecified atom stereocenters. The number of allylic oxidation sites excluding steroid dienone is 3. The van der Waals surface area contributed by atoms with Crippen LogP contribution < -0.4 is 0 Å². The van der Waals surface area contributed by atoms with Crippen LogP contribution in [0.2, 0.25) is 0 Å². The molecule has 0 saturated carbocycles. The molecule has 0 spiro atoms. The van der Waals surface area contributed by atoms with E-state index in [9.17, 15) is 5.26 Å². The molecule has 7 heteroatoms. The minimum Gasteiger partial charge on any atom is -0.449 e. The van der Waals surface area contributed by atoms with Gasteiger partial charge < -0.3 is 19.6 Å². The molecule has 2 atom stereocenters. The van der Waals surface area contributed by atoms with Gasteiger partial charge in [-0.05, 0) is 6.42 Å². The topological polar surface area (TPSA) is 101 Å². The molecule has 1 saturated heterocycles. The molecule has 2 aliphatic heterocycles. The minimum absolute atomic E-state index is 0.0868. The summed E-state index contributed by atoms with van der Waals surface area (Å²) < 4.78 is 17.0. The first-order chi connectivity index (χ1) is 11.3. The maximum Gasteiger partial charge on any atom is 0.302 e. The Labute approximate surface area is 133 Å². The van der Waals surface area contributed by atoms with Crippen molar-refractivity contribution in [1.82, 2.24) is 9.97 Å². The molecular formula is C16H14N4O3. The molecule has 0 aliphatic carbocycles. The van der Waals surface area contributed by atoms with Crippen LogP contribution in [0.4, 0.5) is 0 Å². The standard InChI is InChI=1S/C16H14N4O3/c1-2-3-4-11-13(6-18)21-16-14(11)22-15(23-16)12(5-17)10-7-19-9-20-8-10/h3-4,6-9,14,16,18H,2H2,1H3/b4-3-,15-12-,18-6?. The first-order valence-electron chi connectivity index (χ1n) is 7.09. The number of hydrogen-bond acceptors (Lipinski definition) is 7. The van der Waals surface area contributed by atoms with Gasteiger partial charge in [0.2, 0.25) is 6.10 Å². The Morgan fingerprint density at radius 2 is 2.13 bits per heavy atom. The third-order valence-corrected chi connectivity index (χ3v) is 3.37. The van der Waals surface area contributed by atoms with Crippen LogP contribution in [0, 0.1) is 16.7 Å². The van der Waals surface area contributed by atoms with Crippen molar-refractivity contribution in [3.63, 3.8) is 0 Å². The number of aromatic nitrogens is 2. The molecule has 1 fully saturated rings. The fraction of sp³-hybridized carbons (Fsp3) is 0.250. The van der Waals surface area contributed by atoms with E-state index in [1.165, 1.54) is 18.7 Å². The van der Waals surface area contributed by atoms with Crippen molar-refractivity contribution < 1.29 is 14.2 Å². The molecule has 2 aliphatic rings. The molecule has 1 aromatic heterocycles. The summed E-state index contributed by atoms with van der Waals surface area (Å²) in [5.74, 6) is 0.494. The average molecular weight is 310 g/mol. The lowest BCUT2D eigenvalue weighted by Crippen LogP contribution is -2.19. The number of ether oxygens (including phenoxy) is 3. The highest BCUT2D eigenvalue weighted by atomic mass is 16.8. The second-order valence-corrected chi connectivity index (χ2v) is 4.82. The number of nitriles is 1. The largest absolute Gasteiger partial charge is 0.449 e. The van der Waals surface area contributed by atoms with Crippen molar-refractivity contribution in [1.29, 1.82) is 10.7 Å². The zero-order valence-electron chi connectivity index (χ0n) is 12.4. The molecule has 23 heavy (non-hydrogen) atoms. The molecule has 3 heterocycles. The van der Waals surface area contributed by atoms with Gasteiger partial charge in [-0.15, -0.1) is 0 Å². The summed E-state index contributed by atoms with van der Waals surface area (Å²) in [5.41, 5.74) is 1.44. The Hall–Kier alpha value is -3.14. The van der Waals surface area contributed by atoms with Crippen molar-refractivity contribution in [2.75, 3.05) is 0 Å². The smallest absolute Gasteiger partial charge is 0.302 e. The van der Waals surface area contributed by atoms with Crippen LogP contribution >= 0.6 is 0 Å². The summed E-state index contributed by atoms with van der Waals surface area (Å²) in [5, 5.41) is 16.8. The number of rotatable bonds is 4. The van der Waals surface area contributed by atoms with E-state index >= 15 is 0 Å². The van der Waals surface area contributed by atoms with E-state index in [1.54, 1.807) is 0 Å². The fourth-order valence-electron chi connectivity index (χ4n) is 2.31. The van der Waals surface area contributed by atoms with E-state index in [0.717, 1.165) is 18.2 Å². The van der Waals surface area contributed by atoms with Crippen LogP contribution in [0.25, 0.3) is 5.57 Å². The molecule has 0 amide bonds. The molecule has 0 aromatic carbocycles. The van der Waals surface area contributed by atoms with Crippen molar-refractivity contribution in [3.8, 4) is 6.07 Å². The average Bonchev–Trinajstić information content (AvgIpc) is 3.12. The number of nitrogens with zero attached hydrogens (tertiary/aromatic N) is 3. The van der Waals surface area contributed by atoms with Gasteiger partial charge in [0.1, 0.15) is 23.7 Å². The quantitative estimate of drug-likeness (QED) is 0.676. The SMILES string of the molecule is CC/C=C\C1=C(C=N)OC2O/C(=C(/C#N)c3cncnc3)OC12. The van der Waals surface area contributed by atoms with Gasteiger partial charge in [0, 0.05) is 23.5 Å². The second kappa shape index (κ2) is 6.32. The number of fused-ring (bicyclic) bond motifs is 1. The summed E-state index contributed by atoms with van der Waals surface area (Å²) in [6.45, 7) is 2.01. The van der Waals surface area contributed by atoms with Gasteiger partial charge in [-0.2, -0.15) is 5.26 Å². The molecule has 1 aromatic rings. The van der Waals surface area contributed by atoms with Crippen LogP contribution in [0.5, 0.6) is 0 Å². The lowest BCUT2D eigenvalue weighted by molar-refractivity contribution is -0.0408. The molecule has 0 radical (unpaired) electrons. The Morgan fingerprint density at radius 1 is 1.35 bits per heavy atom. The van der Waals surface area contributed by atoms with Gasteiger partial charge in [-0.25, -0.2) is 9.97 Å². The first-order valence-corrected chi connectivity index (χ1v) is 7.09. The summed E-state index contributed by atoms with van der Waals surface area (Å²) >= 11 is 0. The van der Waals surface area contributed by atoms with Crippen molar-refractivity contribution in [2.45, 2.75) is 25.7 Å². The zero-order chi connectivity index (χ0) is 16.2. The molecule has 3 rings (SSSR count). The Bertz CT molecular complexity index is 746. The van der Waals surface area contributed by atoms with Gasteiger partial charge in [0.05, 0.1) is 6.21 Å². The van der Waals surface area contributed by atoms with E-state index in [4.69, 9.17) is 19.6 Å². The highest BCUT2D eigenvalue weighted by Gasteiger charge is 2.46. The van der Waals surface area contributed by atoms with Crippen molar-refractivity contribution in [2.24, 2.45) is 0 Å². The van der Waals surface area contributed by atoms with Crippen molar-refractivity contribution >= 4 is 11.8 Å². The third-order valence-electron chi connectivity index (χ3n) is 3.37. The summed E-state index contributed by atoms with van der Waals surface area (Å²) in [6, 6.07) is 2.05. The van der Waals surface area contributed by atoms with Gasteiger partial charge in [0.25, 0.3) is 6.29 Å². The van der Waals surface area contributed by atoms with Crippen LogP contribution in [-0.2, 0) is 14.2 Å². The monoisotopic (exact) mass is 310 g/mol. The van der Waals surface area contributed by atoms with E-state index in [0.29, 0.717) is 11.3 Å². The highest BCUT2D eigenvalue weighted by Crippen LogP contribution is 2.39. The Kier molecular flexibility index (Phi) is 4.06. The normalized spacial score (nSPS) is 24.5. The van der Waals surface area contributed by atoms with Crippen molar-refractivity contribution in [3.05, 3.63) is 53.7 Å². The van der Waals surface area contributed by atoms with Crippen LogP contribution in [0.15, 0.2) is 48.2 Å². The van der Waals surface area contributed by atoms with Gasteiger partial charge >= 0.3 is 5.95 Å². The molecular weight excluding hydrogens is 296 g/mol. The van der Waals surface area contributed by atoms with Gasteiger partial charge in [-0.3, -0.25) is 0 Å². The second-order valence-electron chi connectivity index (χ2n) is 4.82. The Balaban J connectivity index is 1.93. The lowest BCUT2D eigenvalue weighted by atomic mass is 10.1. The third kappa shape index (κ3) is 2.66. The van der Waals surface area contributed by atoms with E-state index in [2.05, 4.69) is 9.97 Å². The maximum absolute atomic E-state index is 9.38. The number of hydrogen-bond donors (Lipinski definition) is 1. The fourth-order valence-corrected chi connectivity index (χ4v) is 2.31. The van der Waals surface area contributed by atoms with Crippen LogP contribution in [0.1, 0.15) is 18.9 Å². The predicted molar refractivity (Wildman–Crippen MR) is 80.6 cm³/mol. The van der Waals surface area contributed by atoms with E-state index in [-0.39, 0.29) is 11.5 Å². The van der Waals surface area contributed by atoms with Crippen LogP contribution in [0.3, 0.4) is 0 Å². The molecule has 7 nitrogen and oxygen atoms in total. The van der Waals surface area contributed by atoms with E-state index in [1.807, 2.05) is 25.1 Å². The Morgan fingerprint density at radius 3 is 2.78 bits per heavy atom. The maximum atomic E-state index is 9.38. The van der Waals surface area contributed by atoms with Crippen LogP contribution in [-0.4, -0.2) is 28.6 Å². The molecule has 0 bridgehead atoms. The number of nitrogens with one attached hydrogen (secondary N) is 1. The first kappa shape index (κ1) is 14.8. The zero-order valence-corrected chi connectivity index (χ0v) is 12.4. The lowest BCUT2D eigenvalue weighted by Gasteiger charge is -2.07. The molecule has 1 N–H and O–H groups in total. The summed E-state index contributed by atoms with van der Waals surface area (Å²) in [4.78, 5) is 7.78. The van der Waals surface area contributed by atoms with Gasteiger partial charge in [-0.1, -0.05) is 19.1 Å².